The zero-order valence-corrected chi connectivity index (χ0v) is 21.4. The predicted octanol–water partition coefficient (Wildman–Crippen LogP) is 5.32. The van der Waals surface area contributed by atoms with Gasteiger partial charge in [0.2, 0.25) is 5.91 Å². The minimum atomic E-state index is -0.654. The fourth-order valence-corrected chi connectivity index (χ4v) is 3.81. The van der Waals surface area contributed by atoms with E-state index in [1.165, 1.54) is 11.9 Å². The normalized spacial score (nSPS) is 12.0. The van der Waals surface area contributed by atoms with Crippen molar-refractivity contribution in [2.75, 3.05) is 16.8 Å². The molecule has 0 spiro atoms. The van der Waals surface area contributed by atoms with Crippen molar-refractivity contribution in [3.63, 3.8) is 0 Å². The lowest BCUT2D eigenvalue weighted by Crippen LogP contribution is -2.38. The van der Waals surface area contributed by atoms with Gasteiger partial charge in [-0.1, -0.05) is 32.0 Å². The van der Waals surface area contributed by atoms with Crippen LogP contribution in [0.1, 0.15) is 69.8 Å². The molecule has 3 rings (SSSR count). The van der Waals surface area contributed by atoms with Crippen LogP contribution in [0.5, 0.6) is 0 Å². The number of imidazole rings is 1. The molecule has 2 aromatic carbocycles. The lowest BCUT2D eigenvalue weighted by atomic mass is 10.0. The van der Waals surface area contributed by atoms with Crippen LogP contribution in [0.15, 0.2) is 61.1 Å². The molecule has 1 heterocycles. The number of benzene rings is 2. The second kappa shape index (κ2) is 11.5. The number of rotatable bonds is 9. The fourth-order valence-electron chi connectivity index (χ4n) is 3.81. The van der Waals surface area contributed by atoms with Crippen LogP contribution in [-0.4, -0.2) is 34.0 Å². The molecule has 0 fully saturated rings. The van der Waals surface area contributed by atoms with E-state index in [1.54, 1.807) is 56.1 Å². The van der Waals surface area contributed by atoms with Gasteiger partial charge in [-0.3, -0.25) is 9.59 Å². The molecule has 1 unspecified atom stereocenters. The van der Waals surface area contributed by atoms with Gasteiger partial charge in [0, 0.05) is 17.6 Å². The quantitative estimate of drug-likeness (QED) is 0.395. The van der Waals surface area contributed by atoms with E-state index < -0.39 is 17.6 Å². The maximum Gasteiger partial charge on any atom is 0.308 e. The number of nitrogens with zero attached hydrogens (tertiary/aromatic N) is 3. The summed E-state index contributed by atoms with van der Waals surface area (Å²) in [6.07, 6.45) is 3.19. The number of nitrogens with one attached hydrogen (secondary N) is 2. The molecule has 8 heteroatoms. The minimum absolute atomic E-state index is 0.0325. The SMILES string of the molecule is CC(C)c1ccc(NC(=O)CN(c2cccc(C#N)c2)C(CC(=O)OC(C)(C)C)c2c[nH]cn2)cc1. The first-order valence-electron chi connectivity index (χ1n) is 11.9. The molecule has 0 aliphatic rings. The molecule has 36 heavy (non-hydrogen) atoms. The largest absolute Gasteiger partial charge is 0.460 e. The average molecular weight is 488 g/mol. The number of hydrogen-bond acceptors (Lipinski definition) is 6. The molecular weight excluding hydrogens is 454 g/mol. The molecular formula is C28H33N5O3. The molecule has 188 valence electrons. The first-order chi connectivity index (χ1) is 17.1. The van der Waals surface area contributed by atoms with Crippen LogP contribution in [0.4, 0.5) is 11.4 Å². The summed E-state index contributed by atoms with van der Waals surface area (Å²) in [5, 5.41) is 12.4. The van der Waals surface area contributed by atoms with Crippen molar-refractivity contribution in [3.8, 4) is 6.07 Å². The van der Waals surface area contributed by atoms with Crippen molar-refractivity contribution >= 4 is 23.3 Å². The lowest BCUT2D eigenvalue weighted by Gasteiger charge is -2.32. The second-order valence-electron chi connectivity index (χ2n) is 9.92. The molecule has 0 bridgehead atoms. The van der Waals surface area contributed by atoms with E-state index in [0.717, 1.165) is 0 Å². The van der Waals surface area contributed by atoms with Crippen LogP contribution in [0.2, 0.25) is 0 Å². The Morgan fingerprint density at radius 2 is 1.89 bits per heavy atom. The number of carbonyl (C=O) groups excluding carboxylic acids is 2. The van der Waals surface area contributed by atoms with Crippen molar-refractivity contribution in [2.45, 2.75) is 58.6 Å². The smallest absolute Gasteiger partial charge is 0.308 e. The monoisotopic (exact) mass is 487 g/mol. The van der Waals surface area contributed by atoms with E-state index >= 15 is 0 Å². The molecule has 0 radical (unpaired) electrons. The van der Waals surface area contributed by atoms with E-state index in [0.29, 0.717) is 28.6 Å². The van der Waals surface area contributed by atoms with Crippen LogP contribution in [0, 0.1) is 11.3 Å². The van der Waals surface area contributed by atoms with Gasteiger partial charge in [0.25, 0.3) is 0 Å². The zero-order chi connectivity index (χ0) is 26.3. The zero-order valence-electron chi connectivity index (χ0n) is 21.4. The number of ether oxygens (including phenoxy) is 1. The Bertz CT molecular complexity index is 1210. The molecule has 1 amide bonds. The standard InChI is InChI=1S/C28H33N5O3/c1-19(2)21-9-11-22(12-10-21)32-26(34)17-33(23-8-6-7-20(13-23)15-29)25(24-16-30-18-31-24)14-27(35)36-28(3,4)5/h6-13,16,18-19,25H,14,17H2,1-5H3,(H,30,31)(H,32,34). The summed E-state index contributed by atoms with van der Waals surface area (Å²) in [6, 6.07) is 16.2. The van der Waals surface area contributed by atoms with Gasteiger partial charge >= 0.3 is 5.97 Å². The van der Waals surface area contributed by atoms with Crippen LogP contribution < -0.4 is 10.2 Å². The highest BCUT2D eigenvalue weighted by Crippen LogP contribution is 2.30. The lowest BCUT2D eigenvalue weighted by molar-refractivity contribution is -0.155. The third-order valence-electron chi connectivity index (χ3n) is 5.50. The molecule has 0 aliphatic heterocycles. The van der Waals surface area contributed by atoms with Crippen molar-refractivity contribution < 1.29 is 14.3 Å². The van der Waals surface area contributed by atoms with E-state index in [9.17, 15) is 14.9 Å². The Morgan fingerprint density at radius 3 is 2.47 bits per heavy atom. The molecule has 8 nitrogen and oxygen atoms in total. The molecule has 0 aliphatic carbocycles. The van der Waals surface area contributed by atoms with Crippen LogP contribution in [0.3, 0.4) is 0 Å². The van der Waals surface area contributed by atoms with Gasteiger partial charge in [0.05, 0.1) is 42.7 Å². The van der Waals surface area contributed by atoms with Gasteiger partial charge in [-0.2, -0.15) is 5.26 Å². The molecule has 3 aromatic rings. The van der Waals surface area contributed by atoms with Crippen molar-refractivity contribution in [3.05, 3.63) is 77.9 Å². The Balaban J connectivity index is 1.92. The highest BCUT2D eigenvalue weighted by atomic mass is 16.6. The predicted molar refractivity (Wildman–Crippen MR) is 139 cm³/mol. The summed E-state index contributed by atoms with van der Waals surface area (Å²) in [5.74, 6) is -0.291. The average Bonchev–Trinajstić information content (AvgIpc) is 3.35. The van der Waals surface area contributed by atoms with Gasteiger partial charge in [-0.15, -0.1) is 0 Å². The van der Waals surface area contributed by atoms with Gasteiger partial charge in [-0.25, -0.2) is 4.98 Å². The number of anilines is 2. The summed E-state index contributed by atoms with van der Waals surface area (Å²) in [6.45, 7) is 9.57. The topological polar surface area (TPSA) is 111 Å². The Hall–Kier alpha value is -4.12. The van der Waals surface area contributed by atoms with E-state index in [-0.39, 0.29) is 18.9 Å². The number of amides is 1. The van der Waals surface area contributed by atoms with Gasteiger partial charge in [0.1, 0.15) is 5.60 Å². The number of carbonyl (C=O) groups is 2. The van der Waals surface area contributed by atoms with Crippen LogP contribution in [0.25, 0.3) is 0 Å². The van der Waals surface area contributed by atoms with Crippen molar-refractivity contribution in [2.24, 2.45) is 0 Å². The summed E-state index contributed by atoms with van der Waals surface area (Å²) in [4.78, 5) is 35.1. The van der Waals surface area contributed by atoms with Crippen molar-refractivity contribution in [1.82, 2.24) is 9.97 Å². The third-order valence-corrected chi connectivity index (χ3v) is 5.50. The van der Waals surface area contributed by atoms with Crippen molar-refractivity contribution in [1.29, 1.82) is 5.26 Å². The number of nitriles is 1. The van der Waals surface area contributed by atoms with Gasteiger partial charge in [0.15, 0.2) is 0 Å². The van der Waals surface area contributed by atoms with Gasteiger partial charge < -0.3 is 19.9 Å². The highest BCUT2D eigenvalue weighted by molar-refractivity contribution is 5.94. The Kier molecular flexibility index (Phi) is 8.49. The van der Waals surface area contributed by atoms with E-state index in [2.05, 4.69) is 35.2 Å². The third kappa shape index (κ3) is 7.44. The first kappa shape index (κ1) is 26.5. The van der Waals surface area contributed by atoms with E-state index in [1.807, 2.05) is 24.3 Å². The van der Waals surface area contributed by atoms with Gasteiger partial charge in [-0.05, 0) is 62.6 Å². The summed E-state index contributed by atoms with van der Waals surface area (Å²) >= 11 is 0. The number of aromatic amines is 1. The van der Waals surface area contributed by atoms with E-state index in [4.69, 9.17) is 4.74 Å². The molecule has 0 saturated carbocycles. The van der Waals surface area contributed by atoms with Crippen LogP contribution in [-0.2, 0) is 14.3 Å². The molecule has 1 atom stereocenters. The number of aromatic nitrogens is 2. The summed E-state index contributed by atoms with van der Waals surface area (Å²) < 4.78 is 5.57. The number of H-pyrrole nitrogens is 1. The fraction of sp³-hybridized carbons (Fsp3) is 0.357. The van der Waals surface area contributed by atoms with Crippen LogP contribution >= 0.6 is 0 Å². The number of hydrogen-bond donors (Lipinski definition) is 2. The summed E-state index contributed by atoms with van der Waals surface area (Å²) in [5.41, 5.74) is 2.85. The summed E-state index contributed by atoms with van der Waals surface area (Å²) in [7, 11) is 0. The number of esters is 1. The highest BCUT2D eigenvalue weighted by Gasteiger charge is 2.30. The maximum atomic E-state index is 13.2. The Morgan fingerprint density at radius 1 is 1.17 bits per heavy atom. The second-order valence-corrected chi connectivity index (χ2v) is 9.92. The minimum Gasteiger partial charge on any atom is -0.460 e. The maximum absolute atomic E-state index is 13.2. The molecule has 1 aromatic heterocycles. The molecule has 2 N–H and O–H groups in total. The molecule has 0 saturated heterocycles. The Labute approximate surface area is 212 Å². The first-order valence-corrected chi connectivity index (χ1v) is 11.9.